The van der Waals surface area contributed by atoms with Gasteiger partial charge in [0.25, 0.3) is 0 Å². The van der Waals surface area contributed by atoms with Gasteiger partial charge in [-0.3, -0.25) is 9.78 Å². The van der Waals surface area contributed by atoms with Crippen molar-refractivity contribution in [2.24, 2.45) is 0 Å². The van der Waals surface area contributed by atoms with Crippen LogP contribution in [0.1, 0.15) is 5.56 Å². The van der Waals surface area contributed by atoms with Gasteiger partial charge in [-0.25, -0.2) is 9.97 Å². The quantitative estimate of drug-likeness (QED) is 0.612. The number of para-hydroxylation sites is 1. The van der Waals surface area contributed by atoms with Crippen LogP contribution in [-0.4, -0.2) is 20.9 Å². The van der Waals surface area contributed by atoms with Gasteiger partial charge in [-0.15, -0.1) is 0 Å². The molecule has 0 aliphatic rings. The molecule has 0 aliphatic heterocycles. The number of fused-ring (bicyclic) bond motifs is 1. The second-order valence-electron chi connectivity index (χ2n) is 5.87. The number of rotatable bonds is 4. The Labute approximate surface area is 150 Å². The molecule has 4 rings (SSSR count). The standard InChI is InChI=1S/C21H16N4O/c26-20(25-19-14-22-11-12-23-19)13-17-8-4-7-16-9-10-18(24-21(16)17)15-5-2-1-3-6-15/h1-12,14H,13H2,(H,23,25,26). The van der Waals surface area contributed by atoms with Crippen LogP contribution in [0, 0.1) is 0 Å². The predicted molar refractivity (Wildman–Crippen MR) is 102 cm³/mol. The zero-order chi connectivity index (χ0) is 17.8. The molecule has 0 unspecified atom stereocenters. The average Bonchev–Trinajstić information content (AvgIpc) is 2.69. The molecule has 2 aromatic heterocycles. The summed E-state index contributed by atoms with van der Waals surface area (Å²) in [7, 11) is 0. The number of anilines is 1. The summed E-state index contributed by atoms with van der Waals surface area (Å²) >= 11 is 0. The van der Waals surface area contributed by atoms with E-state index in [9.17, 15) is 4.79 Å². The molecular weight excluding hydrogens is 324 g/mol. The fourth-order valence-electron chi connectivity index (χ4n) is 2.84. The van der Waals surface area contributed by atoms with E-state index in [1.165, 1.54) is 6.20 Å². The maximum Gasteiger partial charge on any atom is 0.230 e. The number of amides is 1. The highest BCUT2D eigenvalue weighted by atomic mass is 16.1. The Morgan fingerprint density at radius 3 is 2.62 bits per heavy atom. The fourth-order valence-corrected chi connectivity index (χ4v) is 2.84. The summed E-state index contributed by atoms with van der Waals surface area (Å²) < 4.78 is 0. The molecule has 5 heteroatoms. The topological polar surface area (TPSA) is 67.8 Å². The van der Waals surface area contributed by atoms with E-state index in [1.54, 1.807) is 12.4 Å². The van der Waals surface area contributed by atoms with Crippen LogP contribution < -0.4 is 5.32 Å². The van der Waals surface area contributed by atoms with E-state index in [0.717, 1.165) is 27.7 Å². The Bertz CT molecular complexity index is 1050. The molecule has 26 heavy (non-hydrogen) atoms. The number of carbonyl (C=O) groups is 1. The van der Waals surface area contributed by atoms with Crippen LogP contribution in [0.2, 0.25) is 0 Å². The van der Waals surface area contributed by atoms with Crippen molar-refractivity contribution in [2.45, 2.75) is 6.42 Å². The molecule has 0 bridgehead atoms. The summed E-state index contributed by atoms with van der Waals surface area (Å²) in [5.74, 6) is 0.292. The SMILES string of the molecule is O=C(Cc1cccc2ccc(-c3ccccc3)nc12)Nc1cnccn1. The molecule has 2 aromatic carbocycles. The van der Waals surface area contributed by atoms with Gasteiger partial charge in [-0.1, -0.05) is 54.6 Å². The lowest BCUT2D eigenvalue weighted by molar-refractivity contribution is -0.115. The molecule has 126 valence electrons. The van der Waals surface area contributed by atoms with Crippen LogP contribution in [0.4, 0.5) is 5.82 Å². The lowest BCUT2D eigenvalue weighted by atomic mass is 10.0. The van der Waals surface area contributed by atoms with Crippen molar-refractivity contribution in [1.82, 2.24) is 15.0 Å². The Morgan fingerprint density at radius 1 is 0.923 bits per heavy atom. The molecular formula is C21H16N4O. The zero-order valence-corrected chi connectivity index (χ0v) is 14.0. The Balaban J connectivity index is 1.65. The summed E-state index contributed by atoms with van der Waals surface area (Å²) in [4.78, 5) is 25.2. The minimum absolute atomic E-state index is 0.148. The van der Waals surface area contributed by atoms with Crippen LogP contribution in [0.5, 0.6) is 0 Å². The van der Waals surface area contributed by atoms with Gasteiger partial charge in [-0.2, -0.15) is 0 Å². The molecule has 0 saturated carbocycles. The van der Waals surface area contributed by atoms with Gasteiger partial charge in [0.05, 0.1) is 23.8 Å². The maximum absolute atomic E-state index is 12.4. The molecule has 0 radical (unpaired) electrons. The summed E-state index contributed by atoms with van der Waals surface area (Å²) in [5, 5.41) is 3.77. The van der Waals surface area contributed by atoms with Gasteiger partial charge >= 0.3 is 0 Å². The lowest BCUT2D eigenvalue weighted by Crippen LogP contribution is -2.15. The number of nitrogens with zero attached hydrogens (tertiary/aromatic N) is 3. The molecule has 4 aromatic rings. The molecule has 0 aliphatic carbocycles. The lowest BCUT2D eigenvalue weighted by Gasteiger charge is -2.09. The molecule has 5 nitrogen and oxygen atoms in total. The van der Waals surface area contributed by atoms with Crippen molar-refractivity contribution >= 4 is 22.6 Å². The van der Waals surface area contributed by atoms with Crippen molar-refractivity contribution in [3.63, 3.8) is 0 Å². The van der Waals surface area contributed by atoms with Gasteiger partial charge in [-0.05, 0) is 11.6 Å². The molecule has 0 saturated heterocycles. The Hall–Kier alpha value is -3.60. The molecule has 0 fully saturated rings. The molecule has 2 heterocycles. The van der Waals surface area contributed by atoms with Crippen molar-refractivity contribution in [3.8, 4) is 11.3 Å². The smallest absolute Gasteiger partial charge is 0.230 e. The van der Waals surface area contributed by atoms with Crippen molar-refractivity contribution in [1.29, 1.82) is 0 Å². The number of nitrogens with one attached hydrogen (secondary N) is 1. The highest BCUT2D eigenvalue weighted by Crippen LogP contribution is 2.23. The van der Waals surface area contributed by atoms with E-state index < -0.39 is 0 Å². The summed E-state index contributed by atoms with van der Waals surface area (Å²) in [6.45, 7) is 0. The second kappa shape index (κ2) is 7.11. The summed E-state index contributed by atoms with van der Waals surface area (Å²) in [6.07, 6.45) is 4.85. The van der Waals surface area contributed by atoms with Gasteiger partial charge < -0.3 is 5.32 Å². The first-order valence-electron chi connectivity index (χ1n) is 8.29. The molecule has 1 N–H and O–H groups in total. The number of carbonyl (C=O) groups excluding carboxylic acids is 1. The largest absolute Gasteiger partial charge is 0.309 e. The first-order valence-corrected chi connectivity index (χ1v) is 8.29. The Kier molecular flexibility index (Phi) is 4.35. The normalized spacial score (nSPS) is 10.6. The third-order valence-corrected chi connectivity index (χ3v) is 4.06. The minimum Gasteiger partial charge on any atom is -0.309 e. The van der Waals surface area contributed by atoms with Gasteiger partial charge in [0.2, 0.25) is 5.91 Å². The number of benzene rings is 2. The Morgan fingerprint density at radius 2 is 1.81 bits per heavy atom. The second-order valence-corrected chi connectivity index (χ2v) is 5.87. The molecule has 1 amide bonds. The van der Waals surface area contributed by atoms with Crippen molar-refractivity contribution in [3.05, 3.63) is 84.8 Å². The van der Waals surface area contributed by atoms with Crippen molar-refractivity contribution < 1.29 is 4.79 Å². The summed E-state index contributed by atoms with van der Waals surface area (Å²) in [5.41, 5.74) is 3.65. The summed E-state index contributed by atoms with van der Waals surface area (Å²) in [6, 6.07) is 19.9. The monoisotopic (exact) mass is 340 g/mol. The van der Waals surface area contributed by atoms with Crippen LogP contribution in [0.15, 0.2) is 79.3 Å². The number of aromatic nitrogens is 3. The van der Waals surface area contributed by atoms with E-state index in [2.05, 4.69) is 15.3 Å². The molecule has 0 spiro atoms. The highest BCUT2D eigenvalue weighted by molar-refractivity contribution is 5.94. The van der Waals surface area contributed by atoms with E-state index in [1.807, 2.05) is 60.7 Å². The van der Waals surface area contributed by atoms with Crippen LogP contribution >= 0.6 is 0 Å². The molecule has 0 atom stereocenters. The van der Waals surface area contributed by atoms with Gasteiger partial charge in [0.1, 0.15) is 0 Å². The maximum atomic E-state index is 12.4. The van der Waals surface area contributed by atoms with E-state index in [-0.39, 0.29) is 12.3 Å². The van der Waals surface area contributed by atoms with Crippen molar-refractivity contribution in [2.75, 3.05) is 5.32 Å². The minimum atomic E-state index is -0.148. The zero-order valence-electron chi connectivity index (χ0n) is 14.0. The van der Waals surface area contributed by atoms with E-state index in [0.29, 0.717) is 5.82 Å². The van der Waals surface area contributed by atoms with E-state index in [4.69, 9.17) is 4.98 Å². The highest BCUT2D eigenvalue weighted by Gasteiger charge is 2.10. The van der Waals surface area contributed by atoms with Gasteiger partial charge in [0, 0.05) is 23.3 Å². The van der Waals surface area contributed by atoms with Crippen LogP contribution in [-0.2, 0) is 11.2 Å². The first-order chi connectivity index (χ1) is 12.8. The van der Waals surface area contributed by atoms with Gasteiger partial charge in [0.15, 0.2) is 5.82 Å². The first kappa shape index (κ1) is 15.9. The number of hydrogen-bond acceptors (Lipinski definition) is 4. The number of hydrogen-bond donors (Lipinski definition) is 1. The third kappa shape index (κ3) is 3.42. The predicted octanol–water partition coefficient (Wildman–Crippen LogP) is 3.87. The van der Waals surface area contributed by atoms with E-state index >= 15 is 0 Å². The van der Waals surface area contributed by atoms with Crippen LogP contribution in [0.3, 0.4) is 0 Å². The fraction of sp³-hybridized carbons (Fsp3) is 0.0476. The third-order valence-electron chi connectivity index (χ3n) is 4.06. The number of pyridine rings is 1. The van der Waals surface area contributed by atoms with Crippen LogP contribution in [0.25, 0.3) is 22.2 Å². The average molecular weight is 340 g/mol.